The minimum atomic E-state index is -0.372. The van der Waals surface area contributed by atoms with Gasteiger partial charge in [0, 0.05) is 34.6 Å². The zero-order valence-electron chi connectivity index (χ0n) is 22.2. The van der Waals surface area contributed by atoms with Crippen LogP contribution in [0.4, 0.5) is 11.4 Å². The van der Waals surface area contributed by atoms with Gasteiger partial charge in [-0.3, -0.25) is 14.4 Å². The highest BCUT2D eigenvalue weighted by molar-refractivity contribution is 6.27. The third kappa shape index (κ3) is 4.65. The fourth-order valence-electron chi connectivity index (χ4n) is 5.33. The Kier molecular flexibility index (Phi) is 6.46. The first-order valence-electron chi connectivity index (χ1n) is 13.1. The van der Waals surface area contributed by atoms with E-state index in [-0.39, 0.29) is 23.2 Å². The molecule has 6 rings (SSSR count). The summed E-state index contributed by atoms with van der Waals surface area (Å²) in [5.41, 5.74) is 3.17. The molecule has 0 bridgehead atoms. The molecule has 6 heteroatoms. The summed E-state index contributed by atoms with van der Waals surface area (Å²) in [6.45, 7) is 2.10. The summed E-state index contributed by atoms with van der Waals surface area (Å²) in [6, 6.07) is 30.4. The fraction of sp³-hybridized carbons (Fsp3) is 0.0882. The zero-order chi connectivity index (χ0) is 27.8. The van der Waals surface area contributed by atoms with Gasteiger partial charge >= 0.3 is 0 Å². The van der Waals surface area contributed by atoms with Gasteiger partial charge in [0.25, 0.3) is 11.8 Å². The first-order valence-corrected chi connectivity index (χ1v) is 13.1. The van der Waals surface area contributed by atoms with Gasteiger partial charge in [-0.1, -0.05) is 60.7 Å². The van der Waals surface area contributed by atoms with Crippen LogP contribution in [-0.2, 0) is 6.54 Å². The lowest BCUT2D eigenvalue weighted by Gasteiger charge is -2.15. The highest BCUT2D eigenvalue weighted by atomic mass is 16.2. The molecular weight excluding hydrogens is 498 g/mol. The van der Waals surface area contributed by atoms with Crippen LogP contribution in [0.1, 0.15) is 43.6 Å². The first-order chi connectivity index (χ1) is 19.4. The number of anilines is 2. The third-order valence-electron chi connectivity index (χ3n) is 7.20. The van der Waals surface area contributed by atoms with Gasteiger partial charge < -0.3 is 16.0 Å². The number of rotatable bonds is 7. The van der Waals surface area contributed by atoms with Crippen LogP contribution in [0.15, 0.2) is 97.1 Å². The Labute approximate surface area is 231 Å². The summed E-state index contributed by atoms with van der Waals surface area (Å²) < 4.78 is 0. The fourth-order valence-corrected chi connectivity index (χ4v) is 5.33. The highest BCUT2D eigenvalue weighted by Gasteiger charge is 2.17. The lowest BCUT2D eigenvalue weighted by atomic mass is 9.92. The molecule has 3 N–H and O–H groups in total. The van der Waals surface area contributed by atoms with Crippen LogP contribution in [0, 0.1) is 0 Å². The van der Waals surface area contributed by atoms with Crippen LogP contribution in [0.2, 0.25) is 0 Å². The summed E-state index contributed by atoms with van der Waals surface area (Å²) in [6.07, 6.45) is 0. The van der Waals surface area contributed by atoms with E-state index in [1.54, 1.807) is 18.2 Å². The van der Waals surface area contributed by atoms with Crippen molar-refractivity contribution in [2.45, 2.75) is 13.5 Å². The Balaban J connectivity index is 1.34. The molecule has 0 saturated heterocycles. The molecule has 0 atom stereocenters. The van der Waals surface area contributed by atoms with E-state index in [2.05, 4.69) is 40.2 Å². The van der Waals surface area contributed by atoms with Gasteiger partial charge in [0.1, 0.15) is 0 Å². The zero-order valence-corrected chi connectivity index (χ0v) is 22.2. The first kappa shape index (κ1) is 25.2. The molecule has 6 aromatic carbocycles. The Bertz CT molecular complexity index is 1930. The number of hydrogen-bond donors (Lipinski definition) is 3. The van der Waals surface area contributed by atoms with Gasteiger partial charge in [-0.05, 0) is 88.3 Å². The van der Waals surface area contributed by atoms with Crippen molar-refractivity contribution >= 4 is 61.3 Å². The van der Waals surface area contributed by atoms with E-state index in [4.69, 9.17) is 0 Å². The quantitative estimate of drug-likeness (QED) is 0.155. The predicted molar refractivity (Wildman–Crippen MR) is 162 cm³/mol. The lowest BCUT2D eigenvalue weighted by molar-refractivity contribution is 0.101. The third-order valence-corrected chi connectivity index (χ3v) is 7.20. The number of benzene rings is 6. The molecule has 0 spiro atoms. The van der Waals surface area contributed by atoms with Crippen LogP contribution < -0.4 is 16.0 Å². The van der Waals surface area contributed by atoms with E-state index in [0.29, 0.717) is 29.0 Å². The second-order valence-electron chi connectivity index (χ2n) is 9.96. The Morgan fingerprint density at radius 2 is 1.27 bits per heavy atom. The van der Waals surface area contributed by atoms with Crippen molar-refractivity contribution in [2.75, 3.05) is 17.7 Å². The second kappa shape index (κ2) is 10.2. The van der Waals surface area contributed by atoms with Crippen LogP contribution in [0.3, 0.4) is 0 Å². The summed E-state index contributed by atoms with van der Waals surface area (Å²) in [4.78, 5) is 39.1. The van der Waals surface area contributed by atoms with Gasteiger partial charge in [-0.15, -0.1) is 0 Å². The normalized spacial score (nSPS) is 11.2. The standard InChI is InChI=1S/C34H27N3O3/c1-20(38)25-16-26(33(39)36-27-8-3-5-21(15-27)19-35-2)18-28(17-25)37-34(40)30-14-12-24-10-9-22-6-4-7-23-11-13-29(30)32(24)31(22)23/h3-18,35H,19H2,1-2H3,(H,36,39)(H,37,40). The molecule has 0 radical (unpaired) electrons. The molecule has 0 heterocycles. The monoisotopic (exact) mass is 525 g/mol. The van der Waals surface area contributed by atoms with Crippen molar-refractivity contribution in [1.29, 1.82) is 0 Å². The molecule has 40 heavy (non-hydrogen) atoms. The topological polar surface area (TPSA) is 87.3 Å². The average molecular weight is 526 g/mol. The lowest BCUT2D eigenvalue weighted by Crippen LogP contribution is -2.16. The van der Waals surface area contributed by atoms with Gasteiger partial charge in [0.05, 0.1) is 0 Å². The number of amides is 2. The molecule has 0 unspecified atom stereocenters. The minimum absolute atomic E-state index is 0.205. The van der Waals surface area contributed by atoms with Crippen molar-refractivity contribution in [3.8, 4) is 0 Å². The predicted octanol–water partition coefficient (Wildman–Crippen LogP) is 7.01. The van der Waals surface area contributed by atoms with Crippen LogP contribution in [0.5, 0.6) is 0 Å². The number of carbonyl (C=O) groups is 3. The Morgan fingerprint density at radius 3 is 2.02 bits per heavy atom. The summed E-state index contributed by atoms with van der Waals surface area (Å²) >= 11 is 0. The maximum atomic E-state index is 13.6. The average Bonchev–Trinajstić information content (AvgIpc) is 2.96. The van der Waals surface area contributed by atoms with Crippen LogP contribution >= 0.6 is 0 Å². The van der Waals surface area contributed by atoms with E-state index in [1.807, 2.05) is 61.6 Å². The van der Waals surface area contributed by atoms with Crippen molar-refractivity contribution in [3.05, 3.63) is 119 Å². The molecule has 0 aliphatic rings. The molecule has 6 aromatic rings. The summed E-state index contributed by atoms with van der Waals surface area (Å²) in [7, 11) is 1.86. The van der Waals surface area contributed by atoms with Gasteiger partial charge in [0.2, 0.25) is 0 Å². The van der Waals surface area contributed by atoms with Gasteiger partial charge in [-0.25, -0.2) is 0 Å². The second-order valence-corrected chi connectivity index (χ2v) is 9.96. The SMILES string of the molecule is CNCc1cccc(NC(=O)c2cc(NC(=O)c3ccc4ccc5cccc6ccc3c4c56)cc(C(C)=O)c2)c1. The molecule has 6 nitrogen and oxygen atoms in total. The van der Waals surface area contributed by atoms with E-state index in [9.17, 15) is 14.4 Å². The number of carbonyl (C=O) groups excluding carboxylic acids is 3. The molecule has 2 amide bonds. The maximum absolute atomic E-state index is 13.6. The highest BCUT2D eigenvalue weighted by Crippen LogP contribution is 2.36. The number of Topliss-reactive ketones (excluding diaryl/α,β-unsaturated/α-hetero) is 1. The van der Waals surface area contributed by atoms with Crippen molar-refractivity contribution < 1.29 is 14.4 Å². The van der Waals surface area contributed by atoms with Crippen molar-refractivity contribution in [3.63, 3.8) is 0 Å². The van der Waals surface area contributed by atoms with Gasteiger partial charge in [-0.2, -0.15) is 0 Å². The number of hydrogen-bond acceptors (Lipinski definition) is 4. The van der Waals surface area contributed by atoms with E-state index >= 15 is 0 Å². The number of nitrogens with one attached hydrogen (secondary N) is 3. The Morgan fingerprint density at radius 1 is 0.625 bits per heavy atom. The molecule has 0 aliphatic carbocycles. The maximum Gasteiger partial charge on any atom is 0.256 e. The Hall–Kier alpha value is -5.07. The van der Waals surface area contributed by atoms with E-state index in [1.165, 1.54) is 6.92 Å². The number of ketones is 1. The van der Waals surface area contributed by atoms with Crippen molar-refractivity contribution in [2.24, 2.45) is 0 Å². The summed E-state index contributed by atoms with van der Waals surface area (Å²) in [5.74, 6) is -0.892. The van der Waals surface area contributed by atoms with Crippen LogP contribution in [0.25, 0.3) is 32.3 Å². The minimum Gasteiger partial charge on any atom is -0.322 e. The molecule has 0 aromatic heterocycles. The smallest absolute Gasteiger partial charge is 0.256 e. The van der Waals surface area contributed by atoms with Crippen molar-refractivity contribution in [1.82, 2.24) is 5.32 Å². The largest absolute Gasteiger partial charge is 0.322 e. The van der Waals surface area contributed by atoms with Gasteiger partial charge in [0.15, 0.2) is 5.78 Å². The molecule has 0 fully saturated rings. The van der Waals surface area contributed by atoms with E-state index < -0.39 is 0 Å². The van der Waals surface area contributed by atoms with Crippen LogP contribution in [-0.4, -0.2) is 24.6 Å². The summed E-state index contributed by atoms with van der Waals surface area (Å²) in [5, 5.41) is 15.2. The molecule has 0 aliphatic heterocycles. The van der Waals surface area contributed by atoms with E-state index in [0.717, 1.165) is 37.9 Å². The molecule has 0 saturated carbocycles. The molecular formula is C34H27N3O3. The molecule has 196 valence electrons.